The summed E-state index contributed by atoms with van der Waals surface area (Å²) < 4.78 is 5.13. The van der Waals surface area contributed by atoms with Crippen LogP contribution in [0.1, 0.15) is 46.0 Å². The normalized spacial score (nSPS) is 11.8. The van der Waals surface area contributed by atoms with E-state index in [0.717, 1.165) is 17.9 Å². The minimum Gasteiger partial charge on any atom is -0.497 e. The van der Waals surface area contributed by atoms with Crippen molar-refractivity contribution in [1.82, 2.24) is 5.32 Å². The summed E-state index contributed by atoms with van der Waals surface area (Å²) in [5.74, 6) is 0.846. The summed E-state index contributed by atoms with van der Waals surface area (Å²) in [5, 5.41) is 7.19. The number of rotatable bonds is 8. The van der Waals surface area contributed by atoms with Gasteiger partial charge >= 0.3 is 0 Å². The fourth-order valence-electron chi connectivity index (χ4n) is 2.01. The van der Waals surface area contributed by atoms with Gasteiger partial charge in [0.25, 0.3) is 0 Å². The Bertz CT molecular complexity index is 392. The highest BCUT2D eigenvalue weighted by Gasteiger charge is 2.04. The SMILES string of the molecule is CCCCCC[C@H](C)NC(=S)Nc1ccc(OC)cc1. The topological polar surface area (TPSA) is 33.3 Å². The molecule has 0 aliphatic rings. The highest BCUT2D eigenvalue weighted by atomic mass is 32.1. The third-order valence-electron chi connectivity index (χ3n) is 3.22. The first-order chi connectivity index (χ1) is 9.65. The predicted molar refractivity (Wildman–Crippen MR) is 90.6 cm³/mol. The molecule has 112 valence electrons. The summed E-state index contributed by atoms with van der Waals surface area (Å²) in [5.41, 5.74) is 0.974. The molecule has 0 radical (unpaired) electrons. The number of unbranched alkanes of at least 4 members (excludes halogenated alkanes) is 3. The number of ether oxygens (including phenoxy) is 1. The molecule has 0 amide bonds. The largest absolute Gasteiger partial charge is 0.497 e. The summed E-state index contributed by atoms with van der Waals surface area (Å²) in [6.45, 7) is 4.41. The maximum Gasteiger partial charge on any atom is 0.170 e. The van der Waals surface area contributed by atoms with Crippen molar-refractivity contribution in [2.24, 2.45) is 0 Å². The van der Waals surface area contributed by atoms with Gasteiger partial charge in [0.2, 0.25) is 0 Å². The van der Waals surface area contributed by atoms with E-state index >= 15 is 0 Å². The molecule has 0 aliphatic heterocycles. The minimum atomic E-state index is 0.408. The van der Waals surface area contributed by atoms with Crippen molar-refractivity contribution < 1.29 is 4.74 Å². The Morgan fingerprint density at radius 3 is 2.50 bits per heavy atom. The molecule has 20 heavy (non-hydrogen) atoms. The lowest BCUT2D eigenvalue weighted by Gasteiger charge is -2.17. The van der Waals surface area contributed by atoms with E-state index in [1.807, 2.05) is 24.3 Å². The Labute approximate surface area is 128 Å². The van der Waals surface area contributed by atoms with E-state index < -0.39 is 0 Å². The molecule has 1 aromatic rings. The van der Waals surface area contributed by atoms with Gasteiger partial charge in [-0.25, -0.2) is 0 Å². The van der Waals surface area contributed by atoms with Crippen LogP contribution < -0.4 is 15.4 Å². The Kier molecular flexibility index (Phi) is 8.04. The van der Waals surface area contributed by atoms with Crippen molar-refractivity contribution in [3.05, 3.63) is 24.3 Å². The Morgan fingerprint density at radius 1 is 1.20 bits per heavy atom. The van der Waals surface area contributed by atoms with Gasteiger partial charge in [-0.2, -0.15) is 0 Å². The molecule has 1 aromatic carbocycles. The van der Waals surface area contributed by atoms with E-state index in [1.54, 1.807) is 7.11 Å². The molecule has 3 nitrogen and oxygen atoms in total. The average molecular weight is 294 g/mol. The van der Waals surface area contributed by atoms with Gasteiger partial charge < -0.3 is 15.4 Å². The van der Waals surface area contributed by atoms with Crippen LogP contribution in [0, 0.1) is 0 Å². The number of thiocarbonyl (C=S) groups is 1. The van der Waals surface area contributed by atoms with Gasteiger partial charge in [-0.15, -0.1) is 0 Å². The number of hydrogen-bond acceptors (Lipinski definition) is 2. The monoisotopic (exact) mass is 294 g/mol. The van der Waals surface area contributed by atoms with Crippen molar-refractivity contribution >= 4 is 23.0 Å². The first-order valence-corrected chi connectivity index (χ1v) is 7.78. The van der Waals surface area contributed by atoms with Gasteiger partial charge in [-0.05, 0) is 49.8 Å². The van der Waals surface area contributed by atoms with Crippen molar-refractivity contribution in [2.45, 2.75) is 52.0 Å². The maximum atomic E-state index is 5.32. The van der Waals surface area contributed by atoms with Gasteiger partial charge in [-0.1, -0.05) is 32.6 Å². The first-order valence-electron chi connectivity index (χ1n) is 7.37. The quantitative estimate of drug-likeness (QED) is 0.552. The highest BCUT2D eigenvalue weighted by molar-refractivity contribution is 7.80. The predicted octanol–water partition coefficient (Wildman–Crippen LogP) is 4.34. The van der Waals surface area contributed by atoms with E-state index in [2.05, 4.69) is 24.5 Å². The van der Waals surface area contributed by atoms with Gasteiger partial charge in [0.1, 0.15) is 5.75 Å². The smallest absolute Gasteiger partial charge is 0.170 e. The van der Waals surface area contributed by atoms with E-state index in [-0.39, 0.29) is 0 Å². The molecular weight excluding hydrogens is 268 g/mol. The van der Waals surface area contributed by atoms with Crippen LogP contribution in [0.3, 0.4) is 0 Å². The molecule has 1 rings (SSSR count). The summed E-state index contributed by atoms with van der Waals surface area (Å²) in [6, 6.07) is 8.15. The molecule has 0 saturated carbocycles. The fourth-order valence-corrected chi connectivity index (χ4v) is 2.33. The molecule has 0 aliphatic carbocycles. The summed E-state index contributed by atoms with van der Waals surface area (Å²) >= 11 is 5.32. The third-order valence-corrected chi connectivity index (χ3v) is 3.44. The van der Waals surface area contributed by atoms with Gasteiger partial charge in [0, 0.05) is 11.7 Å². The zero-order valence-electron chi connectivity index (χ0n) is 12.7. The molecule has 0 fully saturated rings. The number of anilines is 1. The summed E-state index contributed by atoms with van der Waals surface area (Å²) in [6.07, 6.45) is 6.32. The Morgan fingerprint density at radius 2 is 1.90 bits per heavy atom. The molecule has 1 atom stereocenters. The molecule has 4 heteroatoms. The van der Waals surface area contributed by atoms with Gasteiger partial charge in [0.05, 0.1) is 7.11 Å². The molecule has 0 unspecified atom stereocenters. The van der Waals surface area contributed by atoms with E-state index in [0.29, 0.717) is 11.2 Å². The molecule has 0 bridgehead atoms. The second kappa shape index (κ2) is 9.59. The van der Waals surface area contributed by atoms with Crippen LogP contribution in [0.2, 0.25) is 0 Å². The number of benzene rings is 1. The average Bonchev–Trinajstić information content (AvgIpc) is 2.44. The zero-order valence-corrected chi connectivity index (χ0v) is 13.6. The molecule has 2 N–H and O–H groups in total. The van der Waals surface area contributed by atoms with Crippen molar-refractivity contribution in [2.75, 3.05) is 12.4 Å². The van der Waals surface area contributed by atoms with E-state index in [4.69, 9.17) is 17.0 Å². The maximum absolute atomic E-state index is 5.32. The Hall–Kier alpha value is -1.29. The van der Waals surface area contributed by atoms with Crippen molar-refractivity contribution in [3.63, 3.8) is 0 Å². The highest BCUT2D eigenvalue weighted by Crippen LogP contribution is 2.15. The number of methoxy groups -OCH3 is 1. The van der Waals surface area contributed by atoms with Crippen LogP contribution in [-0.2, 0) is 0 Å². The third kappa shape index (κ3) is 6.75. The minimum absolute atomic E-state index is 0.408. The second-order valence-electron chi connectivity index (χ2n) is 5.08. The lowest BCUT2D eigenvalue weighted by atomic mass is 10.1. The van der Waals surface area contributed by atoms with Crippen LogP contribution in [0.4, 0.5) is 5.69 Å². The zero-order chi connectivity index (χ0) is 14.8. The van der Waals surface area contributed by atoms with Crippen LogP contribution >= 0.6 is 12.2 Å². The molecule has 0 heterocycles. The number of nitrogens with one attached hydrogen (secondary N) is 2. The van der Waals surface area contributed by atoms with Crippen molar-refractivity contribution in [3.8, 4) is 5.75 Å². The van der Waals surface area contributed by atoms with Crippen LogP contribution in [0.25, 0.3) is 0 Å². The van der Waals surface area contributed by atoms with Gasteiger partial charge in [0.15, 0.2) is 5.11 Å². The molecular formula is C16H26N2OS. The molecule has 0 saturated heterocycles. The molecule has 0 aromatic heterocycles. The van der Waals surface area contributed by atoms with Gasteiger partial charge in [-0.3, -0.25) is 0 Å². The summed E-state index contributed by atoms with van der Waals surface area (Å²) in [4.78, 5) is 0. The van der Waals surface area contributed by atoms with Crippen LogP contribution in [0.15, 0.2) is 24.3 Å². The first kappa shape index (κ1) is 16.8. The molecule has 0 spiro atoms. The fraction of sp³-hybridized carbons (Fsp3) is 0.562. The van der Waals surface area contributed by atoms with Crippen molar-refractivity contribution in [1.29, 1.82) is 0 Å². The van der Waals surface area contributed by atoms with E-state index in [9.17, 15) is 0 Å². The van der Waals surface area contributed by atoms with Crippen LogP contribution in [0.5, 0.6) is 5.75 Å². The Balaban J connectivity index is 2.27. The lowest BCUT2D eigenvalue weighted by Crippen LogP contribution is -2.35. The van der Waals surface area contributed by atoms with Crippen LogP contribution in [-0.4, -0.2) is 18.3 Å². The number of hydrogen-bond donors (Lipinski definition) is 2. The lowest BCUT2D eigenvalue weighted by molar-refractivity contribution is 0.415. The second-order valence-corrected chi connectivity index (χ2v) is 5.49. The standard InChI is InChI=1S/C16H26N2OS/c1-4-5-6-7-8-13(2)17-16(20)18-14-9-11-15(19-3)12-10-14/h9-13H,4-8H2,1-3H3,(H2,17,18,20)/t13-/m0/s1. The summed E-state index contributed by atoms with van der Waals surface area (Å²) in [7, 11) is 1.66. The van der Waals surface area contributed by atoms with E-state index in [1.165, 1.54) is 25.7 Å².